The van der Waals surface area contributed by atoms with Gasteiger partial charge in [0.05, 0.1) is 19.9 Å². The molecule has 0 bridgehead atoms. The number of benzene rings is 2. The quantitative estimate of drug-likeness (QED) is 0.755. The normalized spacial score (nSPS) is 21.0. The van der Waals surface area contributed by atoms with Crippen LogP contribution in [0.3, 0.4) is 0 Å². The molecule has 2 unspecified atom stereocenters. The number of carbonyl (C=O) groups excluding carboxylic acids is 2. The number of rotatable bonds is 4. The zero-order valence-electron chi connectivity index (χ0n) is 14.5. The average molecular weight is 387 g/mol. The molecule has 0 aliphatic carbocycles. The molecule has 2 aromatic carbocycles. The molecule has 7 nitrogen and oxygen atoms in total. The van der Waals surface area contributed by atoms with Gasteiger partial charge in [0.2, 0.25) is 12.0 Å². The number of hydrogen-bond acceptors (Lipinski definition) is 6. The highest BCUT2D eigenvalue weighted by Crippen LogP contribution is 2.39. The number of ether oxygens (including phenoxy) is 2. The Morgan fingerprint density at radius 1 is 1.04 bits per heavy atom. The van der Waals surface area contributed by atoms with Crippen molar-refractivity contribution in [1.29, 1.82) is 0 Å². The summed E-state index contributed by atoms with van der Waals surface area (Å²) in [6, 6.07) is 11.7. The molecule has 1 saturated heterocycles. The summed E-state index contributed by atoms with van der Waals surface area (Å²) in [5, 5.41) is 4.52. The number of hydrogen-bond donors (Lipinski definition) is 0. The lowest BCUT2D eigenvalue weighted by Crippen LogP contribution is -2.33. The predicted octanol–water partition coefficient (Wildman–Crippen LogP) is 2.65. The zero-order valence-corrected chi connectivity index (χ0v) is 15.3. The van der Waals surface area contributed by atoms with E-state index in [2.05, 4.69) is 5.16 Å². The van der Waals surface area contributed by atoms with Crippen molar-refractivity contribution in [3.05, 3.63) is 53.1 Å². The van der Waals surface area contributed by atoms with Crippen LogP contribution < -0.4 is 14.4 Å². The number of oxime groups is 1. The molecular weight excluding hydrogens is 372 g/mol. The van der Waals surface area contributed by atoms with Crippen LogP contribution >= 0.6 is 11.6 Å². The molecule has 2 aliphatic heterocycles. The smallest absolute Gasteiger partial charge is 0.278 e. The van der Waals surface area contributed by atoms with Gasteiger partial charge in [-0.05, 0) is 36.4 Å². The molecule has 27 heavy (non-hydrogen) atoms. The van der Waals surface area contributed by atoms with Crippen LogP contribution in [-0.4, -0.2) is 37.8 Å². The SMILES string of the molecule is COc1cccc(C2=NOC3C(=O)N(c4ccc(Cl)cc4)C(=O)C23)c1OC. The van der Waals surface area contributed by atoms with E-state index >= 15 is 0 Å². The van der Waals surface area contributed by atoms with Crippen LogP contribution in [0.2, 0.25) is 5.02 Å². The first kappa shape index (κ1) is 17.4. The molecule has 138 valence electrons. The monoisotopic (exact) mass is 386 g/mol. The van der Waals surface area contributed by atoms with Crippen molar-refractivity contribution in [1.82, 2.24) is 0 Å². The number of anilines is 1. The molecule has 2 aliphatic rings. The van der Waals surface area contributed by atoms with Crippen molar-refractivity contribution in [3.63, 3.8) is 0 Å². The first-order chi connectivity index (χ1) is 13.1. The Labute approximate surface area is 160 Å². The average Bonchev–Trinajstić information content (AvgIpc) is 3.22. The lowest BCUT2D eigenvalue weighted by atomic mass is 9.93. The number of halogens is 1. The molecular formula is C19H15ClN2O5. The summed E-state index contributed by atoms with van der Waals surface area (Å²) >= 11 is 5.89. The number of fused-ring (bicyclic) bond motifs is 1. The van der Waals surface area contributed by atoms with Gasteiger partial charge in [0.1, 0.15) is 11.6 Å². The van der Waals surface area contributed by atoms with Crippen LogP contribution in [0.25, 0.3) is 0 Å². The largest absolute Gasteiger partial charge is 0.493 e. The number of imide groups is 1. The molecule has 2 atom stereocenters. The molecule has 4 rings (SSSR count). The number of amides is 2. The second-order valence-electron chi connectivity index (χ2n) is 6.01. The third-order valence-corrected chi connectivity index (χ3v) is 4.83. The van der Waals surface area contributed by atoms with Crippen LogP contribution in [-0.2, 0) is 14.4 Å². The minimum atomic E-state index is -1.00. The minimum Gasteiger partial charge on any atom is -0.493 e. The Kier molecular flexibility index (Phi) is 4.24. The van der Waals surface area contributed by atoms with Crippen molar-refractivity contribution >= 4 is 34.8 Å². The second-order valence-corrected chi connectivity index (χ2v) is 6.45. The summed E-state index contributed by atoms with van der Waals surface area (Å²) in [5.74, 6) is -0.809. The fourth-order valence-corrected chi connectivity index (χ4v) is 3.46. The molecule has 1 fully saturated rings. The van der Waals surface area contributed by atoms with Crippen LogP contribution in [0.4, 0.5) is 5.69 Å². The van der Waals surface area contributed by atoms with E-state index in [4.69, 9.17) is 25.9 Å². The number of carbonyl (C=O) groups is 2. The maximum atomic E-state index is 13.1. The van der Waals surface area contributed by atoms with Crippen molar-refractivity contribution in [2.24, 2.45) is 11.1 Å². The van der Waals surface area contributed by atoms with Crippen molar-refractivity contribution in [2.75, 3.05) is 19.1 Å². The molecule has 0 spiro atoms. The van der Waals surface area contributed by atoms with E-state index in [1.807, 2.05) is 0 Å². The summed E-state index contributed by atoms with van der Waals surface area (Å²) in [6.07, 6.45) is -1.00. The van der Waals surface area contributed by atoms with E-state index in [1.54, 1.807) is 42.5 Å². The third kappa shape index (κ3) is 2.62. The third-order valence-electron chi connectivity index (χ3n) is 4.58. The highest BCUT2D eigenvalue weighted by atomic mass is 35.5. The maximum absolute atomic E-state index is 13.1. The van der Waals surface area contributed by atoms with Crippen molar-refractivity contribution in [2.45, 2.75) is 6.10 Å². The molecule has 0 saturated carbocycles. The number of methoxy groups -OCH3 is 2. The Balaban J connectivity index is 1.74. The molecule has 0 aromatic heterocycles. The van der Waals surface area contributed by atoms with E-state index in [-0.39, 0.29) is 0 Å². The number of para-hydroxylation sites is 1. The van der Waals surface area contributed by atoms with Gasteiger partial charge in [-0.3, -0.25) is 9.59 Å². The topological polar surface area (TPSA) is 77.4 Å². The van der Waals surface area contributed by atoms with Gasteiger partial charge in [0.25, 0.3) is 5.91 Å². The molecule has 2 aromatic rings. The molecule has 2 heterocycles. The molecule has 2 amide bonds. The highest BCUT2D eigenvalue weighted by Gasteiger charge is 2.56. The summed E-state index contributed by atoms with van der Waals surface area (Å²) < 4.78 is 10.7. The summed E-state index contributed by atoms with van der Waals surface area (Å²) in [7, 11) is 3.01. The van der Waals surface area contributed by atoms with E-state index in [0.29, 0.717) is 33.5 Å². The molecule has 8 heteroatoms. The van der Waals surface area contributed by atoms with Crippen LogP contribution in [0.1, 0.15) is 5.56 Å². The Morgan fingerprint density at radius 3 is 2.44 bits per heavy atom. The molecule has 0 N–H and O–H groups in total. The Hall–Kier alpha value is -3.06. The Bertz CT molecular complexity index is 957. The van der Waals surface area contributed by atoms with E-state index in [0.717, 1.165) is 4.90 Å². The second kappa shape index (κ2) is 6.59. The van der Waals surface area contributed by atoms with Crippen molar-refractivity contribution < 1.29 is 23.9 Å². The first-order valence-electron chi connectivity index (χ1n) is 8.15. The highest BCUT2D eigenvalue weighted by molar-refractivity contribution is 6.33. The first-order valence-corrected chi connectivity index (χ1v) is 8.53. The maximum Gasteiger partial charge on any atom is 0.278 e. The fourth-order valence-electron chi connectivity index (χ4n) is 3.33. The van der Waals surface area contributed by atoms with Crippen molar-refractivity contribution in [3.8, 4) is 11.5 Å². The summed E-state index contributed by atoms with van der Waals surface area (Å²) in [6.45, 7) is 0. The van der Waals surface area contributed by atoms with Gasteiger partial charge in [-0.15, -0.1) is 0 Å². The van der Waals surface area contributed by atoms with Gasteiger partial charge in [-0.1, -0.05) is 22.8 Å². The minimum absolute atomic E-state index is 0.338. The van der Waals surface area contributed by atoms with E-state index in [1.165, 1.54) is 14.2 Å². The lowest BCUT2D eigenvalue weighted by molar-refractivity contribution is -0.126. The predicted molar refractivity (Wildman–Crippen MR) is 98.4 cm³/mol. The fraction of sp³-hybridized carbons (Fsp3) is 0.211. The van der Waals surface area contributed by atoms with Gasteiger partial charge in [-0.2, -0.15) is 0 Å². The summed E-state index contributed by atoms with van der Waals surface area (Å²) in [5.41, 5.74) is 1.32. The standard InChI is InChI=1S/C19H15ClN2O5/c1-25-13-5-3-4-12(16(13)26-2)15-14-17(27-21-15)19(24)22(18(14)23)11-8-6-10(20)7-9-11/h3-9,14,17H,1-2H3. The number of nitrogens with zero attached hydrogens (tertiary/aromatic N) is 2. The van der Waals surface area contributed by atoms with Crippen LogP contribution in [0.15, 0.2) is 47.6 Å². The molecule has 0 radical (unpaired) electrons. The van der Waals surface area contributed by atoms with Gasteiger partial charge >= 0.3 is 0 Å². The van der Waals surface area contributed by atoms with Gasteiger partial charge < -0.3 is 14.3 Å². The van der Waals surface area contributed by atoms with Gasteiger partial charge in [0.15, 0.2) is 11.5 Å². The van der Waals surface area contributed by atoms with Crippen LogP contribution in [0.5, 0.6) is 11.5 Å². The summed E-state index contributed by atoms with van der Waals surface area (Å²) in [4.78, 5) is 32.2. The van der Waals surface area contributed by atoms with Crippen LogP contribution in [0, 0.1) is 5.92 Å². The lowest BCUT2D eigenvalue weighted by Gasteiger charge is -2.16. The van der Waals surface area contributed by atoms with Gasteiger partial charge in [-0.25, -0.2) is 4.90 Å². The Morgan fingerprint density at radius 2 is 1.78 bits per heavy atom. The van der Waals surface area contributed by atoms with E-state index in [9.17, 15) is 9.59 Å². The zero-order chi connectivity index (χ0) is 19.1. The van der Waals surface area contributed by atoms with Gasteiger partial charge in [0, 0.05) is 10.6 Å². The van der Waals surface area contributed by atoms with E-state index < -0.39 is 23.8 Å².